The van der Waals surface area contributed by atoms with Gasteiger partial charge in [0.15, 0.2) is 5.82 Å². The first kappa shape index (κ1) is 18.5. The number of aliphatic hydroxyl groups is 1. The molecule has 5 heteroatoms. The van der Waals surface area contributed by atoms with Crippen LogP contribution in [0.4, 0.5) is 5.95 Å². The molecule has 0 atom stereocenters. The first-order chi connectivity index (χ1) is 13.0. The number of nitrogen functional groups attached to an aromatic ring is 1. The predicted octanol–water partition coefficient (Wildman–Crippen LogP) is 5.20. The summed E-state index contributed by atoms with van der Waals surface area (Å²) in [7, 11) is 0. The maximum Gasteiger partial charge on any atom is 0.226 e. The first-order valence-corrected chi connectivity index (χ1v) is 8.99. The van der Waals surface area contributed by atoms with Gasteiger partial charge in [-0.05, 0) is 36.4 Å². The van der Waals surface area contributed by atoms with E-state index >= 15 is 0 Å². The number of rotatable bonds is 6. The Balaban J connectivity index is 2.25. The predicted molar refractivity (Wildman–Crippen MR) is 112 cm³/mol. The second-order valence-corrected chi connectivity index (χ2v) is 6.44. The minimum absolute atomic E-state index is 0.000836. The third-order valence-corrected chi connectivity index (χ3v) is 4.38. The van der Waals surface area contributed by atoms with Crippen LogP contribution in [0.2, 0.25) is 0 Å². The highest BCUT2D eigenvalue weighted by atomic mass is 16.3. The fraction of sp³-hybridized carbons (Fsp3) is 0.182. The van der Waals surface area contributed by atoms with E-state index in [-0.39, 0.29) is 5.76 Å². The summed E-state index contributed by atoms with van der Waals surface area (Å²) in [4.78, 5) is 0. The van der Waals surface area contributed by atoms with Gasteiger partial charge in [-0.2, -0.15) is 0 Å². The van der Waals surface area contributed by atoms with Gasteiger partial charge in [-0.1, -0.05) is 62.4 Å². The number of hydrogen-bond donors (Lipinski definition) is 2. The van der Waals surface area contributed by atoms with Crippen LogP contribution in [0.25, 0.3) is 22.0 Å². The summed E-state index contributed by atoms with van der Waals surface area (Å²) in [6.07, 6.45) is 5.59. The molecule has 1 heterocycles. The van der Waals surface area contributed by atoms with Crippen LogP contribution in [0.1, 0.15) is 32.5 Å². The maximum atomic E-state index is 9.61. The molecule has 0 saturated carbocycles. The molecule has 3 aromatic rings. The third kappa shape index (κ3) is 3.77. The fourth-order valence-corrected chi connectivity index (χ4v) is 3.16. The molecule has 0 amide bonds. The van der Waals surface area contributed by atoms with E-state index in [2.05, 4.69) is 48.0 Å². The van der Waals surface area contributed by atoms with Crippen LogP contribution in [0, 0.1) is 0 Å². The highest BCUT2D eigenvalue weighted by molar-refractivity contribution is 5.91. The molecule has 138 valence electrons. The van der Waals surface area contributed by atoms with Crippen LogP contribution in [0.5, 0.6) is 0 Å². The molecule has 0 fully saturated rings. The Morgan fingerprint density at radius 2 is 1.93 bits per heavy atom. The Kier molecular flexibility index (Phi) is 5.41. The van der Waals surface area contributed by atoms with Crippen LogP contribution in [-0.2, 0) is 0 Å². The number of aliphatic hydroxyl groups excluding tert-OH is 1. The summed E-state index contributed by atoms with van der Waals surface area (Å²) in [6, 6.07) is 14.2. The number of fused-ring (bicyclic) bond motifs is 1. The smallest absolute Gasteiger partial charge is 0.226 e. The maximum absolute atomic E-state index is 9.61. The molecule has 2 aromatic carbocycles. The summed E-state index contributed by atoms with van der Waals surface area (Å²) in [5.74, 6) is 0.964. The molecule has 0 unspecified atom stereocenters. The van der Waals surface area contributed by atoms with E-state index in [1.165, 1.54) is 0 Å². The van der Waals surface area contributed by atoms with Crippen molar-refractivity contribution in [2.45, 2.75) is 26.7 Å². The Morgan fingerprint density at radius 3 is 2.67 bits per heavy atom. The van der Waals surface area contributed by atoms with Crippen molar-refractivity contribution < 1.29 is 5.11 Å². The summed E-state index contributed by atoms with van der Waals surface area (Å²) in [5, 5.41) is 20.3. The Labute approximate surface area is 159 Å². The van der Waals surface area contributed by atoms with Crippen LogP contribution >= 0.6 is 0 Å². The van der Waals surface area contributed by atoms with Crippen molar-refractivity contribution >= 4 is 22.3 Å². The van der Waals surface area contributed by atoms with E-state index < -0.39 is 0 Å². The Hall–Kier alpha value is -3.34. The van der Waals surface area contributed by atoms with Crippen molar-refractivity contribution in [2.75, 3.05) is 5.73 Å². The number of allylic oxidation sites excluding steroid dienone is 4. The monoisotopic (exact) mass is 360 g/mol. The number of nitrogens with zero attached hydrogens (tertiary/aromatic N) is 3. The highest BCUT2D eigenvalue weighted by Gasteiger charge is 2.18. The van der Waals surface area contributed by atoms with Gasteiger partial charge in [-0.25, -0.2) is 0 Å². The first-order valence-electron chi connectivity index (χ1n) is 8.99. The molecular formula is C22H24N4O. The van der Waals surface area contributed by atoms with Crippen molar-refractivity contribution in [1.29, 1.82) is 0 Å². The van der Waals surface area contributed by atoms with Gasteiger partial charge >= 0.3 is 0 Å². The van der Waals surface area contributed by atoms with Crippen molar-refractivity contribution in [1.82, 2.24) is 14.8 Å². The van der Waals surface area contributed by atoms with Crippen LogP contribution in [0.3, 0.4) is 0 Å². The molecule has 0 radical (unpaired) electrons. The minimum Gasteiger partial charge on any atom is -0.509 e. The standard InChI is InChI=1S/C22H24N4O/c1-4-5-11-18(15(2)14-16(3)27)21-24-25-22(23)26(21)20-13-8-10-17-9-6-7-12-19(17)20/h6-14,27H,3-5H2,1-2H3,(H2,23,25)/b15-14-,18-11+. The summed E-state index contributed by atoms with van der Waals surface area (Å²) in [5.41, 5.74) is 8.86. The molecule has 3 rings (SSSR count). The summed E-state index contributed by atoms with van der Waals surface area (Å²) >= 11 is 0. The van der Waals surface area contributed by atoms with Gasteiger partial charge in [0.05, 0.1) is 5.69 Å². The Bertz CT molecular complexity index is 1040. The normalized spacial score (nSPS) is 12.5. The number of benzene rings is 2. The van der Waals surface area contributed by atoms with E-state index in [9.17, 15) is 5.11 Å². The van der Waals surface area contributed by atoms with Gasteiger partial charge < -0.3 is 10.8 Å². The molecule has 5 nitrogen and oxygen atoms in total. The van der Waals surface area contributed by atoms with Crippen LogP contribution in [-0.4, -0.2) is 19.9 Å². The molecule has 0 spiro atoms. The number of unbranched alkanes of at least 4 members (excludes halogenated alkanes) is 1. The molecule has 0 aliphatic rings. The molecular weight excluding hydrogens is 336 g/mol. The van der Waals surface area contributed by atoms with Crippen molar-refractivity contribution in [3.63, 3.8) is 0 Å². The zero-order valence-corrected chi connectivity index (χ0v) is 15.7. The minimum atomic E-state index is -0.000836. The van der Waals surface area contributed by atoms with E-state index in [4.69, 9.17) is 5.73 Å². The summed E-state index contributed by atoms with van der Waals surface area (Å²) in [6.45, 7) is 7.59. The van der Waals surface area contributed by atoms with Crippen molar-refractivity contribution in [3.05, 3.63) is 78.4 Å². The lowest BCUT2D eigenvalue weighted by Crippen LogP contribution is -2.06. The highest BCUT2D eigenvalue weighted by Crippen LogP contribution is 2.30. The van der Waals surface area contributed by atoms with Gasteiger partial charge in [0, 0.05) is 11.0 Å². The van der Waals surface area contributed by atoms with E-state index in [1.54, 1.807) is 6.08 Å². The molecule has 1 aromatic heterocycles. The molecule has 3 N–H and O–H groups in total. The molecule has 0 aliphatic heterocycles. The second-order valence-electron chi connectivity index (χ2n) is 6.44. The van der Waals surface area contributed by atoms with Crippen LogP contribution in [0.15, 0.2) is 72.5 Å². The molecule has 0 aliphatic carbocycles. The van der Waals surface area contributed by atoms with Crippen LogP contribution < -0.4 is 5.73 Å². The SMILES string of the molecule is C=C(O)/C=C(C)\C(=C/CCC)c1nnc(N)n1-c1cccc2ccccc12. The van der Waals surface area contributed by atoms with E-state index in [0.29, 0.717) is 11.8 Å². The number of aromatic nitrogens is 3. The van der Waals surface area contributed by atoms with E-state index in [0.717, 1.165) is 40.4 Å². The number of anilines is 1. The van der Waals surface area contributed by atoms with Gasteiger partial charge in [-0.15, -0.1) is 10.2 Å². The van der Waals surface area contributed by atoms with Gasteiger partial charge in [0.25, 0.3) is 0 Å². The number of nitrogens with two attached hydrogens (primary N) is 1. The van der Waals surface area contributed by atoms with Crippen molar-refractivity contribution in [3.8, 4) is 5.69 Å². The molecule has 27 heavy (non-hydrogen) atoms. The summed E-state index contributed by atoms with van der Waals surface area (Å²) < 4.78 is 1.86. The van der Waals surface area contributed by atoms with Gasteiger partial charge in [0.1, 0.15) is 5.76 Å². The largest absolute Gasteiger partial charge is 0.509 e. The lowest BCUT2D eigenvalue weighted by Gasteiger charge is -2.14. The lowest BCUT2D eigenvalue weighted by molar-refractivity contribution is 0.435. The molecule has 0 saturated heterocycles. The molecule has 0 bridgehead atoms. The lowest BCUT2D eigenvalue weighted by atomic mass is 10.0. The Morgan fingerprint density at radius 1 is 1.19 bits per heavy atom. The van der Waals surface area contributed by atoms with Gasteiger partial charge in [0.2, 0.25) is 5.95 Å². The average molecular weight is 360 g/mol. The third-order valence-electron chi connectivity index (χ3n) is 4.38. The average Bonchev–Trinajstić information content (AvgIpc) is 3.02. The van der Waals surface area contributed by atoms with Crippen molar-refractivity contribution in [2.24, 2.45) is 0 Å². The zero-order valence-electron chi connectivity index (χ0n) is 15.7. The van der Waals surface area contributed by atoms with Gasteiger partial charge in [-0.3, -0.25) is 4.57 Å². The topological polar surface area (TPSA) is 77.0 Å². The van der Waals surface area contributed by atoms with E-state index in [1.807, 2.05) is 35.8 Å². The quantitative estimate of drug-likeness (QED) is 0.467. The zero-order chi connectivity index (χ0) is 19.4. The second kappa shape index (κ2) is 7.91. The number of hydrogen-bond acceptors (Lipinski definition) is 4. The fourth-order valence-electron chi connectivity index (χ4n) is 3.16.